The van der Waals surface area contributed by atoms with Gasteiger partial charge >= 0.3 is 0 Å². The van der Waals surface area contributed by atoms with E-state index in [9.17, 15) is 10.1 Å². The monoisotopic (exact) mass is 340 g/mol. The van der Waals surface area contributed by atoms with Crippen molar-refractivity contribution >= 4 is 34.6 Å². The van der Waals surface area contributed by atoms with Gasteiger partial charge in [-0.2, -0.15) is 5.26 Å². The van der Waals surface area contributed by atoms with Crippen molar-refractivity contribution in [2.24, 2.45) is 0 Å². The zero-order chi connectivity index (χ0) is 17.5. The third-order valence-corrected chi connectivity index (χ3v) is 3.66. The molecule has 0 heterocycles. The fraction of sp³-hybridized carbons (Fsp3) is 0.111. The first kappa shape index (κ1) is 17.4. The number of rotatable bonds is 5. The third-order valence-electron chi connectivity index (χ3n) is 3.35. The van der Waals surface area contributed by atoms with Crippen LogP contribution in [0.3, 0.4) is 0 Å². The molecular weight excluding hydrogens is 324 g/mol. The van der Waals surface area contributed by atoms with E-state index >= 15 is 0 Å². The molecular formula is C18H17ClN4O. The van der Waals surface area contributed by atoms with Crippen molar-refractivity contribution in [2.45, 2.75) is 13.3 Å². The van der Waals surface area contributed by atoms with Gasteiger partial charge in [-0.3, -0.25) is 4.79 Å². The minimum absolute atomic E-state index is 0.0672. The van der Waals surface area contributed by atoms with Crippen LogP contribution in [0.25, 0.3) is 0 Å². The van der Waals surface area contributed by atoms with Crippen LogP contribution in [0, 0.1) is 11.3 Å². The van der Waals surface area contributed by atoms with E-state index in [1.54, 1.807) is 12.1 Å². The molecule has 0 bridgehead atoms. The van der Waals surface area contributed by atoms with Gasteiger partial charge in [0.05, 0.1) is 10.7 Å². The molecule has 4 N–H and O–H groups in total. The molecule has 0 aliphatic carbocycles. The normalized spacial score (nSPS) is 10.8. The van der Waals surface area contributed by atoms with Gasteiger partial charge in [0.1, 0.15) is 11.6 Å². The summed E-state index contributed by atoms with van der Waals surface area (Å²) in [5.41, 5.74) is 8.42. The second-order valence-corrected chi connectivity index (χ2v) is 5.47. The second kappa shape index (κ2) is 8.04. The van der Waals surface area contributed by atoms with Crippen LogP contribution in [0.1, 0.15) is 12.5 Å². The molecule has 0 aliphatic heterocycles. The average molecular weight is 341 g/mol. The maximum atomic E-state index is 12.2. The lowest BCUT2D eigenvalue weighted by Crippen LogP contribution is -2.15. The number of halogens is 1. The maximum Gasteiger partial charge on any atom is 0.267 e. The highest BCUT2D eigenvalue weighted by molar-refractivity contribution is 6.34. The van der Waals surface area contributed by atoms with E-state index in [0.717, 1.165) is 12.1 Å². The van der Waals surface area contributed by atoms with Crippen molar-refractivity contribution in [3.63, 3.8) is 0 Å². The summed E-state index contributed by atoms with van der Waals surface area (Å²) in [7, 11) is 0. The molecule has 2 aromatic rings. The Kier molecular flexibility index (Phi) is 5.83. The number of aryl methyl sites for hydroxylation is 1. The van der Waals surface area contributed by atoms with Gasteiger partial charge in [0.2, 0.25) is 0 Å². The molecule has 0 fully saturated rings. The van der Waals surface area contributed by atoms with Gasteiger partial charge in [-0.25, -0.2) is 0 Å². The number of nitrogens with one attached hydrogen (secondary N) is 2. The fourth-order valence-corrected chi connectivity index (χ4v) is 2.20. The van der Waals surface area contributed by atoms with Crippen LogP contribution < -0.4 is 16.4 Å². The topological polar surface area (TPSA) is 90.9 Å². The predicted molar refractivity (Wildman–Crippen MR) is 97.6 cm³/mol. The number of carbonyl (C=O) groups excluding carboxylic acids is 1. The Morgan fingerprint density at radius 1 is 1.29 bits per heavy atom. The zero-order valence-corrected chi connectivity index (χ0v) is 13.9. The van der Waals surface area contributed by atoms with Gasteiger partial charge in [-0.15, -0.1) is 0 Å². The van der Waals surface area contributed by atoms with Gasteiger partial charge in [0, 0.05) is 17.6 Å². The highest BCUT2D eigenvalue weighted by Gasteiger charge is 2.11. The summed E-state index contributed by atoms with van der Waals surface area (Å²) >= 11 is 6.01. The highest BCUT2D eigenvalue weighted by atomic mass is 35.5. The van der Waals surface area contributed by atoms with Crippen molar-refractivity contribution in [3.05, 3.63) is 64.8 Å². The molecule has 122 valence electrons. The van der Waals surface area contributed by atoms with E-state index in [2.05, 4.69) is 17.6 Å². The van der Waals surface area contributed by atoms with Gasteiger partial charge in [-0.05, 0) is 42.3 Å². The SMILES string of the molecule is CCc1ccc(N/C=C(/C#N)C(=O)Nc2ccc(N)cc2Cl)cc1. The Bertz CT molecular complexity index is 807. The molecule has 0 spiro atoms. The molecule has 2 rings (SSSR count). The van der Waals surface area contributed by atoms with E-state index in [0.29, 0.717) is 16.4 Å². The molecule has 2 aromatic carbocycles. The number of hydrogen-bond acceptors (Lipinski definition) is 4. The largest absolute Gasteiger partial charge is 0.399 e. The summed E-state index contributed by atoms with van der Waals surface area (Å²) in [5, 5.41) is 15.0. The summed E-state index contributed by atoms with van der Waals surface area (Å²) in [6.07, 6.45) is 2.31. The minimum Gasteiger partial charge on any atom is -0.399 e. The van der Waals surface area contributed by atoms with Crippen LogP contribution in [0.2, 0.25) is 5.02 Å². The Hall–Kier alpha value is -2.97. The molecule has 24 heavy (non-hydrogen) atoms. The quantitative estimate of drug-likeness (QED) is 0.436. The zero-order valence-electron chi connectivity index (χ0n) is 13.1. The lowest BCUT2D eigenvalue weighted by Gasteiger charge is -2.08. The molecule has 0 unspecified atom stereocenters. The molecule has 6 heteroatoms. The van der Waals surface area contributed by atoms with Crippen molar-refractivity contribution in [3.8, 4) is 6.07 Å². The van der Waals surface area contributed by atoms with Gasteiger partial charge in [-0.1, -0.05) is 30.7 Å². The average Bonchev–Trinajstić information content (AvgIpc) is 2.58. The van der Waals surface area contributed by atoms with Gasteiger partial charge in [0.25, 0.3) is 5.91 Å². The molecule has 0 saturated carbocycles. The van der Waals surface area contributed by atoms with Crippen LogP contribution in [-0.4, -0.2) is 5.91 Å². The Morgan fingerprint density at radius 2 is 2.00 bits per heavy atom. The first-order chi connectivity index (χ1) is 11.5. The van der Waals surface area contributed by atoms with Crippen LogP contribution in [0.4, 0.5) is 17.1 Å². The van der Waals surface area contributed by atoms with Crippen molar-refractivity contribution < 1.29 is 4.79 Å². The summed E-state index contributed by atoms with van der Waals surface area (Å²) in [6, 6.07) is 14.3. The Labute approximate surface area is 145 Å². The van der Waals surface area contributed by atoms with Crippen molar-refractivity contribution in [1.82, 2.24) is 0 Å². The number of amides is 1. The number of carbonyl (C=O) groups is 1. The van der Waals surface area contributed by atoms with Crippen molar-refractivity contribution in [1.29, 1.82) is 5.26 Å². The Balaban J connectivity index is 2.08. The van der Waals surface area contributed by atoms with Gasteiger partial charge in [0.15, 0.2) is 0 Å². The number of nitrogens with two attached hydrogens (primary N) is 1. The standard InChI is InChI=1S/C18H17ClN4O/c1-2-12-3-6-15(7-4-12)22-11-13(10-20)18(24)23-17-8-5-14(21)9-16(17)19/h3-9,11,22H,2,21H2,1H3,(H,23,24)/b13-11-. The van der Waals surface area contributed by atoms with Crippen LogP contribution >= 0.6 is 11.6 Å². The fourth-order valence-electron chi connectivity index (χ4n) is 1.96. The van der Waals surface area contributed by atoms with E-state index in [-0.39, 0.29) is 5.57 Å². The van der Waals surface area contributed by atoms with E-state index < -0.39 is 5.91 Å². The molecule has 0 aliphatic rings. The smallest absolute Gasteiger partial charge is 0.267 e. The second-order valence-electron chi connectivity index (χ2n) is 5.06. The number of nitriles is 1. The predicted octanol–water partition coefficient (Wildman–Crippen LogP) is 3.94. The summed E-state index contributed by atoms with van der Waals surface area (Å²) < 4.78 is 0. The number of anilines is 3. The highest BCUT2D eigenvalue weighted by Crippen LogP contribution is 2.24. The van der Waals surface area contributed by atoms with Crippen LogP contribution in [0.5, 0.6) is 0 Å². The van der Waals surface area contributed by atoms with E-state index in [4.69, 9.17) is 17.3 Å². The minimum atomic E-state index is -0.554. The molecule has 5 nitrogen and oxygen atoms in total. The lowest BCUT2D eigenvalue weighted by molar-refractivity contribution is -0.112. The number of hydrogen-bond donors (Lipinski definition) is 3. The number of nitrogens with zero attached hydrogens (tertiary/aromatic N) is 1. The van der Waals surface area contributed by atoms with Crippen LogP contribution in [-0.2, 0) is 11.2 Å². The molecule has 0 aromatic heterocycles. The lowest BCUT2D eigenvalue weighted by atomic mass is 10.1. The summed E-state index contributed by atoms with van der Waals surface area (Å²) in [5.74, 6) is -0.554. The molecule has 0 radical (unpaired) electrons. The van der Waals surface area contributed by atoms with Crippen LogP contribution in [0.15, 0.2) is 54.2 Å². The summed E-state index contributed by atoms with van der Waals surface area (Å²) in [4.78, 5) is 12.2. The van der Waals surface area contributed by atoms with Crippen molar-refractivity contribution in [2.75, 3.05) is 16.4 Å². The molecule has 0 atom stereocenters. The first-order valence-corrected chi connectivity index (χ1v) is 7.73. The van der Waals surface area contributed by atoms with E-state index in [1.807, 2.05) is 30.3 Å². The number of nitrogen functional groups attached to an aromatic ring is 1. The van der Waals surface area contributed by atoms with E-state index in [1.165, 1.54) is 17.8 Å². The Morgan fingerprint density at radius 3 is 2.58 bits per heavy atom. The first-order valence-electron chi connectivity index (χ1n) is 7.35. The van der Waals surface area contributed by atoms with Gasteiger partial charge < -0.3 is 16.4 Å². The molecule has 0 saturated heterocycles. The maximum absolute atomic E-state index is 12.2. The third kappa shape index (κ3) is 4.51. The summed E-state index contributed by atoms with van der Waals surface area (Å²) in [6.45, 7) is 2.07. The number of benzene rings is 2. The molecule has 1 amide bonds.